The quantitative estimate of drug-likeness (QED) is 0.725. The second kappa shape index (κ2) is 10.3. The smallest absolute Gasteiger partial charge is 0.408 e. The molecule has 1 saturated carbocycles. The second-order valence-corrected chi connectivity index (χ2v) is 8.37. The Morgan fingerprint density at radius 2 is 1.41 bits per heavy atom. The topological polar surface area (TPSA) is 79.0 Å². The monoisotopic (exact) mass is 435 g/mol. The Morgan fingerprint density at radius 3 is 2.00 bits per heavy atom. The predicted molar refractivity (Wildman–Crippen MR) is 120 cm³/mol. The summed E-state index contributed by atoms with van der Waals surface area (Å²) in [5.74, 6) is 0.244. The zero-order valence-corrected chi connectivity index (χ0v) is 18.1. The number of ether oxygens (including phenoxy) is 1. The van der Waals surface area contributed by atoms with E-state index in [1.807, 2.05) is 65.6 Å². The van der Waals surface area contributed by atoms with Crippen molar-refractivity contribution in [1.29, 1.82) is 0 Å². The summed E-state index contributed by atoms with van der Waals surface area (Å²) in [6.07, 6.45) is 1.71. The molecular weight excluding hydrogens is 406 g/mol. The maximum Gasteiger partial charge on any atom is 0.408 e. The summed E-state index contributed by atoms with van der Waals surface area (Å²) in [6, 6.07) is 18.3. The highest BCUT2D eigenvalue weighted by Gasteiger charge is 2.36. The summed E-state index contributed by atoms with van der Waals surface area (Å²) in [4.78, 5) is 41.6. The van der Waals surface area contributed by atoms with Gasteiger partial charge in [0, 0.05) is 38.5 Å². The number of nitrogens with zero attached hydrogens (tertiary/aromatic N) is 2. The summed E-state index contributed by atoms with van der Waals surface area (Å²) < 4.78 is 5.34. The van der Waals surface area contributed by atoms with Crippen LogP contribution in [0.15, 0.2) is 60.7 Å². The molecule has 168 valence electrons. The summed E-state index contributed by atoms with van der Waals surface area (Å²) in [7, 11) is 0. The first kappa shape index (κ1) is 21.9. The zero-order chi connectivity index (χ0) is 22.3. The maximum absolute atomic E-state index is 13.3. The number of amides is 3. The minimum Gasteiger partial charge on any atom is -0.445 e. The molecule has 1 saturated heterocycles. The van der Waals surface area contributed by atoms with Crippen LogP contribution >= 0.6 is 0 Å². The van der Waals surface area contributed by atoms with Gasteiger partial charge in [-0.2, -0.15) is 0 Å². The van der Waals surface area contributed by atoms with Crippen molar-refractivity contribution in [3.05, 3.63) is 71.8 Å². The lowest BCUT2D eigenvalue weighted by atomic mass is 10.0. The Labute approximate surface area is 188 Å². The Bertz CT molecular complexity index is 923. The SMILES string of the molecule is O=C(N[C@@H](Cc1ccccc1)C(=O)N1CCN(C(=O)C2CC2)CC1)OCc1ccccc1. The van der Waals surface area contributed by atoms with Crippen LogP contribution in [0.25, 0.3) is 0 Å². The maximum atomic E-state index is 13.3. The van der Waals surface area contributed by atoms with Crippen molar-refractivity contribution in [2.45, 2.75) is 31.9 Å². The van der Waals surface area contributed by atoms with Gasteiger partial charge in [0.05, 0.1) is 0 Å². The highest BCUT2D eigenvalue weighted by molar-refractivity contribution is 5.86. The van der Waals surface area contributed by atoms with E-state index in [0.717, 1.165) is 24.0 Å². The van der Waals surface area contributed by atoms with Crippen molar-refractivity contribution in [2.24, 2.45) is 5.92 Å². The van der Waals surface area contributed by atoms with Crippen LogP contribution in [0.1, 0.15) is 24.0 Å². The molecule has 1 N–H and O–H groups in total. The van der Waals surface area contributed by atoms with Gasteiger partial charge in [0.15, 0.2) is 0 Å². The molecule has 7 heteroatoms. The molecule has 1 heterocycles. The van der Waals surface area contributed by atoms with E-state index in [9.17, 15) is 14.4 Å². The van der Waals surface area contributed by atoms with Crippen molar-refractivity contribution in [3.63, 3.8) is 0 Å². The Hall–Kier alpha value is -3.35. The molecule has 3 amide bonds. The first-order valence-electron chi connectivity index (χ1n) is 11.2. The third kappa shape index (κ3) is 5.87. The van der Waals surface area contributed by atoms with E-state index in [-0.39, 0.29) is 24.3 Å². The molecule has 2 fully saturated rings. The largest absolute Gasteiger partial charge is 0.445 e. The van der Waals surface area contributed by atoms with E-state index in [4.69, 9.17) is 4.74 Å². The normalized spacial score (nSPS) is 16.9. The molecule has 2 aromatic carbocycles. The molecular formula is C25H29N3O4. The van der Waals surface area contributed by atoms with Crippen LogP contribution < -0.4 is 5.32 Å². The zero-order valence-electron chi connectivity index (χ0n) is 18.1. The van der Waals surface area contributed by atoms with E-state index < -0.39 is 12.1 Å². The highest BCUT2D eigenvalue weighted by Crippen LogP contribution is 2.31. The van der Waals surface area contributed by atoms with Crippen molar-refractivity contribution < 1.29 is 19.1 Å². The summed E-state index contributed by atoms with van der Waals surface area (Å²) >= 11 is 0. The van der Waals surface area contributed by atoms with Crippen molar-refractivity contribution in [2.75, 3.05) is 26.2 Å². The van der Waals surface area contributed by atoms with Gasteiger partial charge in [-0.05, 0) is 24.0 Å². The Kier molecular flexibility index (Phi) is 7.04. The van der Waals surface area contributed by atoms with E-state index in [0.29, 0.717) is 32.6 Å². The number of rotatable bonds is 7. The van der Waals surface area contributed by atoms with E-state index in [1.54, 1.807) is 4.90 Å². The van der Waals surface area contributed by atoms with E-state index in [2.05, 4.69) is 5.32 Å². The van der Waals surface area contributed by atoms with Crippen LogP contribution in [0.4, 0.5) is 4.79 Å². The molecule has 0 unspecified atom stereocenters. The van der Waals surface area contributed by atoms with Gasteiger partial charge in [-0.3, -0.25) is 9.59 Å². The molecule has 0 aromatic heterocycles. The van der Waals surface area contributed by atoms with Gasteiger partial charge in [0.25, 0.3) is 0 Å². The number of hydrogen-bond acceptors (Lipinski definition) is 4. The summed E-state index contributed by atoms with van der Waals surface area (Å²) in [5, 5.41) is 2.76. The summed E-state index contributed by atoms with van der Waals surface area (Å²) in [6.45, 7) is 2.17. The number of carbonyl (C=O) groups excluding carboxylic acids is 3. The number of benzene rings is 2. The molecule has 2 aromatic rings. The third-order valence-electron chi connectivity index (χ3n) is 5.92. The molecule has 0 radical (unpaired) electrons. The lowest BCUT2D eigenvalue weighted by Crippen LogP contribution is -2.56. The van der Waals surface area contributed by atoms with Crippen LogP contribution in [0.2, 0.25) is 0 Å². The van der Waals surface area contributed by atoms with Crippen LogP contribution in [-0.4, -0.2) is 59.9 Å². The van der Waals surface area contributed by atoms with Gasteiger partial charge in [-0.25, -0.2) is 4.79 Å². The van der Waals surface area contributed by atoms with Gasteiger partial charge in [0.1, 0.15) is 12.6 Å². The molecule has 0 bridgehead atoms. The second-order valence-electron chi connectivity index (χ2n) is 8.37. The van der Waals surface area contributed by atoms with Crippen molar-refractivity contribution in [3.8, 4) is 0 Å². The summed E-state index contributed by atoms with van der Waals surface area (Å²) in [5.41, 5.74) is 1.83. The third-order valence-corrected chi connectivity index (χ3v) is 5.92. The highest BCUT2D eigenvalue weighted by atomic mass is 16.5. The molecule has 32 heavy (non-hydrogen) atoms. The van der Waals surface area contributed by atoms with Gasteiger partial charge < -0.3 is 19.9 Å². The fourth-order valence-electron chi connectivity index (χ4n) is 3.91. The van der Waals surface area contributed by atoms with Gasteiger partial charge in [-0.15, -0.1) is 0 Å². The van der Waals surface area contributed by atoms with Gasteiger partial charge >= 0.3 is 6.09 Å². The fourth-order valence-corrected chi connectivity index (χ4v) is 3.91. The first-order valence-corrected chi connectivity index (χ1v) is 11.2. The molecule has 1 aliphatic carbocycles. The van der Waals surface area contributed by atoms with Crippen molar-refractivity contribution >= 4 is 17.9 Å². The Balaban J connectivity index is 1.36. The molecule has 1 atom stereocenters. The first-order chi connectivity index (χ1) is 15.6. The molecule has 7 nitrogen and oxygen atoms in total. The standard InChI is InChI=1S/C25H29N3O4/c29-23(21-11-12-21)27-13-15-28(16-14-27)24(30)22(17-19-7-3-1-4-8-19)26-25(31)32-18-20-9-5-2-6-10-20/h1-10,21-22H,11-18H2,(H,26,31)/t22-/m0/s1. The molecule has 1 aliphatic heterocycles. The van der Waals surface area contributed by atoms with Crippen molar-refractivity contribution in [1.82, 2.24) is 15.1 Å². The minimum atomic E-state index is -0.730. The average molecular weight is 436 g/mol. The van der Waals surface area contributed by atoms with E-state index in [1.165, 1.54) is 0 Å². The predicted octanol–water partition coefficient (Wildman–Crippen LogP) is 2.60. The number of carbonyl (C=O) groups is 3. The van der Waals surface area contributed by atoms with Crippen LogP contribution in [0, 0.1) is 5.92 Å². The lowest BCUT2D eigenvalue weighted by molar-refractivity contribution is -0.141. The minimum absolute atomic E-state index is 0.140. The van der Waals surface area contributed by atoms with Crippen LogP contribution in [0.5, 0.6) is 0 Å². The molecule has 4 rings (SSSR count). The Morgan fingerprint density at radius 1 is 0.844 bits per heavy atom. The van der Waals surface area contributed by atoms with Crippen LogP contribution in [-0.2, 0) is 27.4 Å². The number of hydrogen-bond donors (Lipinski definition) is 1. The van der Waals surface area contributed by atoms with E-state index >= 15 is 0 Å². The number of piperazine rings is 1. The van der Waals surface area contributed by atoms with Gasteiger partial charge in [-0.1, -0.05) is 60.7 Å². The fraction of sp³-hybridized carbons (Fsp3) is 0.400. The number of alkyl carbamates (subject to hydrolysis) is 1. The average Bonchev–Trinajstić information content (AvgIpc) is 3.68. The molecule has 2 aliphatic rings. The van der Waals surface area contributed by atoms with Gasteiger partial charge in [0.2, 0.25) is 11.8 Å². The lowest BCUT2D eigenvalue weighted by Gasteiger charge is -2.36. The number of nitrogens with one attached hydrogen (secondary N) is 1. The molecule has 0 spiro atoms. The van der Waals surface area contributed by atoms with Crippen LogP contribution in [0.3, 0.4) is 0 Å².